The Morgan fingerprint density at radius 2 is 1.89 bits per heavy atom. The number of carbonyl (C=O) groups is 1. The summed E-state index contributed by atoms with van der Waals surface area (Å²) in [6.45, 7) is 9.42. The highest BCUT2D eigenvalue weighted by molar-refractivity contribution is 14.1. The first kappa shape index (κ1) is 17.2. The van der Waals surface area contributed by atoms with Gasteiger partial charge in [0.15, 0.2) is 5.79 Å². The second kappa shape index (κ2) is 6.72. The summed E-state index contributed by atoms with van der Waals surface area (Å²) in [7, 11) is 0. The summed E-state index contributed by atoms with van der Waals surface area (Å²) >= 11 is 2.34. The van der Waals surface area contributed by atoms with Gasteiger partial charge in [0.2, 0.25) is 0 Å². The van der Waals surface area contributed by atoms with Crippen molar-refractivity contribution in [3.05, 3.63) is 0 Å². The molecule has 1 rings (SSSR count). The first-order valence-electron chi connectivity index (χ1n) is 6.75. The number of rotatable bonds is 4. The number of esters is 1. The number of hydrogen-bond donors (Lipinski definition) is 0. The number of ether oxygens (including phenoxy) is 3. The van der Waals surface area contributed by atoms with Crippen molar-refractivity contribution in [1.82, 2.24) is 0 Å². The fraction of sp³-hybridized carbons (Fsp3) is 0.929. The van der Waals surface area contributed by atoms with Crippen molar-refractivity contribution < 1.29 is 19.0 Å². The second-order valence-electron chi connectivity index (χ2n) is 6.38. The molecule has 1 aliphatic rings. The van der Waals surface area contributed by atoms with Crippen LogP contribution in [0.4, 0.5) is 0 Å². The molecule has 0 aromatic rings. The molecular weight excluding hydrogens is 359 g/mol. The second-order valence-corrected chi connectivity index (χ2v) is 7.46. The predicted octanol–water partition coefficient (Wildman–Crippen LogP) is 3.45. The molecule has 1 heterocycles. The van der Waals surface area contributed by atoms with Gasteiger partial charge in [-0.15, -0.1) is 0 Å². The monoisotopic (exact) mass is 384 g/mol. The van der Waals surface area contributed by atoms with Gasteiger partial charge in [0.1, 0.15) is 5.60 Å². The lowest BCUT2D eigenvalue weighted by Crippen LogP contribution is -2.45. The number of alkyl halides is 1. The van der Waals surface area contributed by atoms with Crippen LogP contribution in [-0.4, -0.2) is 34.0 Å². The topological polar surface area (TPSA) is 44.8 Å². The molecule has 0 spiro atoms. The molecule has 4 nitrogen and oxygen atoms in total. The van der Waals surface area contributed by atoms with E-state index in [2.05, 4.69) is 22.6 Å². The van der Waals surface area contributed by atoms with Gasteiger partial charge in [0.25, 0.3) is 0 Å². The maximum Gasteiger partial charge on any atom is 0.308 e. The van der Waals surface area contributed by atoms with E-state index in [9.17, 15) is 4.79 Å². The minimum atomic E-state index is -0.624. The molecule has 0 unspecified atom stereocenters. The number of carbonyl (C=O) groups excluding carboxylic acids is 1. The maximum atomic E-state index is 11.9. The minimum absolute atomic E-state index is 0.119. The van der Waals surface area contributed by atoms with Crippen molar-refractivity contribution in [3.8, 4) is 0 Å². The zero-order valence-corrected chi connectivity index (χ0v) is 14.7. The molecule has 1 aliphatic heterocycles. The molecule has 0 radical (unpaired) electrons. The molecule has 1 saturated heterocycles. The van der Waals surface area contributed by atoms with E-state index in [1.54, 1.807) is 0 Å². The summed E-state index contributed by atoms with van der Waals surface area (Å²) in [5.41, 5.74) is -0.445. The van der Waals surface area contributed by atoms with E-state index in [1.807, 2.05) is 34.6 Å². The summed E-state index contributed by atoms with van der Waals surface area (Å²) in [4.78, 5) is 11.9. The van der Waals surface area contributed by atoms with Gasteiger partial charge in [0.05, 0.1) is 18.6 Å². The fourth-order valence-corrected chi connectivity index (χ4v) is 2.91. The molecule has 1 fully saturated rings. The molecule has 0 aromatic carbocycles. The van der Waals surface area contributed by atoms with Crippen LogP contribution in [0.1, 0.15) is 53.9 Å². The van der Waals surface area contributed by atoms with Crippen LogP contribution in [0.3, 0.4) is 0 Å². The van der Waals surface area contributed by atoms with Gasteiger partial charge < -0.3 is 14.2 Å². The van der Waals surface area contributed by atoms with Crippen LogP contribution in [0.5, 0.6) is 0 Å². The van der Waals surface area contributed by atoms with Gasteiger partial charge in [-0.3, -0.25) is 4.79 Å². The van der Waals surface area contributed by atoms with Crippen molar-refractivity contribution in [1.29, 1.82) is 0 Å². The lowest BCUT2D eigenvalue weighted by atomic mass is 10.0. The zero-order valence-electron chi connectivity index (χ0n) is 12.5. The molecule has 0 aliphatic carbocycles. The Kier molecular flexibility index (Phi) is 6.07. The van der Waals surface area contributed by atoms with E-state index in [0.717, 1.165) is 17.3 Å². The summed E-state index contributed by atoms with van der Waals surface area (Å²) < 4.78 is 18.0. The Balaban J connectivity index is 2.54. The maximum absolute atomic E-state index is 11.9. The van der Waals surface area contributed by atoms with Crippen molar-refractivity contribution in [2.24, 2.45) is 0 Å². The van der Waals surface area contributed by atoms with E-state index >= 15 is 0 Å². The Morgan fingerprint density at radius 3 is 2.42 bits per heavy atom. The van der Waals surface area contributed by atoms with E-state index in [-0.39, 0.29) is 18.2 Å². The van der Waals surface area contributed by atoms with Crippen LogP contribution in [0.2, 0.25) is 0 Å². The first-order chi connectivity index (χ1) is 8.61. The third-order valence-electron chi connectivity index (χ3n) is 2.67. The Labute approximate surface area is 129 Å². The highest BCUT2D eigenvalue weighted by Gasteiger charge is 2.36. The Morgan fingerprint density at radius 1 is 1.32 bits per heavy atom. The van der Waals surface area contributed by atoms with Gasteiger partial charge in [-0.2, -0.15) is 0 Å². The molecule has 2 atom stereocenters. The lowest BCUT2D eigenvalue weighted by Gasteiger charge is -2.40. The average molecular weight is 384 g/mol. The van der Waals surface area contributed by atoms with Crippen molar-refractivity contribution in [2.75, 3.05) is 4.43 Å². The summed E-state index contributed by atoms with van der Waals surface area (Å²) in [5, 5.41) is 0. The van der Waals surface area contributed by atoms with Crippen LogP contribution in [0, 0.1) is 0 Å². The fourth-order valence-electron chi connectivity index (χ4n) is 2.21. The van der Waals surface area contributed by atoms with E-state index in [4.69, 9.17) is 14.2 Å². The third-order valence-corrected chi connectivity index (χ3v) is 3.30. The molecule has 5 heteroatoms. The predicted molar refractivity (Wildman–Crippen MR) is 82.4 cm³/mol. The van der Waals surface area contributed by atoms with Gasteiger partial charge in [-0.05, 0) is 41.0 Å². The zero-order chi connectivity index (χ0) is 14.7. The van der Waals surface area contributed by atoms with Gasteiger partial charge >= 0.3 is 5.97 Å². The largest absolute Gasteiger partial charge is 0.460 e. The highest BCUT2D eigenvalue weighted by Crippen LogP contribution is 2.30. The number of hydrogen-bond acceptors (Lipinski definition) is 4. The standard InChI is InChI=1S/C14H25IO4/c1-13(2,3)19-12(16)9-11-8-10(6-7-15)17-14(4,5)18-11/h10-11H,6-9H2,1-5H3/t10-,11-/m1/s1. The van der Waals surface area contributed by atoms with Gasteiger partial charge in [-0.25, -0.2) is 0 Å². The normalized spacial score (nSPS) is 27.1. The quantitative estimate of drug-likeness (QED) is 0.423. The lowest BCUT2D eigenvalue weighted by molar-refractivity contribution is -0.299. The molecule has 0 aromatic heterocycles. The van der Waals surface area contributed by atoms with Gasteiger partial charge in [-0.1, -0.05) is 22.6 Å². The molecule has 19 heavy (non-hydrogen) atoms. The van der Waals surface area contributed by atoms with E-state index in [0.29, 0.717) is 6.42 Å². The highest BCUT2D eigenvalue weighted by atomic mass is 127. The Hall–Kier alpha value is 0.120. The third kappa shape index (κ3) is 6.90. The molecule has 0 saturated carbocycles. The summed E-state index contributed by atoms with van der Waals surface area (Å²) in [5.74, 6) is -0.829. The van der Waals surface area contributed by atoms with Crippen molar-refractivity contribution >= 4 is 28.6 Å². The van der Waals surface area contributed by atoms with Gasteiger partial charge in [0, 0.05) is 10.8 Å². The Bertz CT molecular complexity index is 309. The van der Waals surface area contributed by atoms with Crippen molar-refractivity contribution in [3.63, 3.8) is 0 Å². The average Bonchev–Trinajstić information content (AvgIpc) is 2.10. The first-order valence-corrected chi connectivity index (χ1v) is 8.27. The molecule has 0 amide bonds. The van der Waals surface area contributed by atoms with Crippen molar-refractivity contribution in [2.45, 2.75) is 77.5 Å². The molecule has 0 bridgehead atoms. The minimum Gasteiger partial charge on any atom is -0.460 e. The summed E-state index contributed by atoms with van der Waals surface area (Å²) in [6, 6.07) is 0. The van der Waals surface area contributed by atoms with E-state index in [1.165, 1.54) is 0 Å². The smallest absolute Gasteiger partial charge is 0.308 e. The molecule has 0 N–H and O–H groups in total. The van der Waals surface area contributed by atoms with Crippen LogP contribution in [0.15, 0.2) is 0 Å². The van der Waals surface area contributed by atoms with Crippen LogP contribution < -0.4 is 0 Å². The summed E-state index contributed by atoms with van der Waals surface area (Å²) in [6.07, 6.45) is 2.07. The van der Waals surface area contributed by atoms with Crippen LogP contribution in [0.25, 0.3) is 0 Å². The molecule has 112 valence electrons. The van der Waals surface area contributed by atoms with Crippen LogP contribution >= 0.6 is 22.6 Å². The molecular formula is C14H25IO4. The number of halogens is 1. The van der Waals surface area contributed by atoms with Crippen LogP contribution in [-0.2, 0) is 19.0 Å². The van der Waals surface area contributed by atoms with E-state index < -0.39 is 11.4 Å². The SMILES string of the molecule is CC(C)(C)OC(=O)C[C@H]1C[C@@H](CCI)OC(C)(C)O1.